The van der Waals surface area contributed by atoms with Crippen molar-refractivity contribution in [2.45, 2.75) is 26.7 Å². The molecule has 12 nitrogen and oxygen atoms in total. The normalized spacial score (nSPS) is 13.5. The lowest BCUT2D eigenvalue weighted by Gasteiger charge is -2.14. The van der Waals surface area contributed by atoms with Crippen LogP contribution in [0.1, 0.15) is 25.0 Å². The van der Waals surface area contributed by atoms with Gasteiger partial charge in [0.15, 0.2) is 6.29 Å². The lowest BCUT2D eigenvalue weighted by atomic mass is 10.2. The van der Waals surface area contributed by atoms with E-state index in [0.717, 1.165) is 5.56 Å². The summed E-state index contributed by atoms with van der Waals surface area (Å²) in [5, 5.41) is 0. The molecule has 0 radical (unpaired) electrons. The number of aromatic amines is 1. The van der Waals surface area contributed by atoms with Crippen molar-refractivity contribution in [3.63, 3.8) is 0 Å². The summed E-state index contributed by atoms with van der Waals surface area (Å²) >= 11 is 0. The SMILES string of the molecule is CCOC(=O)/C=C/c1cnc2ccc(=O)[nH]c2c1.CCOC(=O)/C=C/c1cnc2ccc(=O)n(CC3OCCO3)c2c1. The number of nitrogens with zero attached hydrogens (tertiary/aromatic N) is 3. The molecule has 5 rings (SSSR count). The number of ether oxygens (including phenoxy) is 4. The second-order valence-electron chi connectivity index (χ2n) is 8.82. The van der Waals surface area contributed by atoms with Gasteiger partial charge in [-0.25, -0.2) is 9.59 Å². The molecule has 4 aromatic heterocycles. The zero-order valence-electron chi connectivity index (χ0n) is 23.1. The highest BCUT2D eigenvalue weighted by Crippen LogP contribution is 2.15. The molecule has 5 heterocycles. The topological polar surface area (TPSA) is 152 Å². The van der Waals surface area contributed by atoms with E-state index in [0.29, 0.717) is 60.6 Å². The van der Waals surface area contributed by atoms with Gasteiger partial charge in [0, 0.05) is 36.7 Å². The van der Waals surface area contributed by atoms with E-state index in [4.69, 9.17) is 18.9 Å². The third-order valence-corrected chi connectivity index (χ3v) is 5.87. The van der Waals surface area contributed by atoms with Crippen molar-refractivity contribution in [1.82, 2.24) is 19.5 Å². The van der Waals surface area contributed by atoms with Crippen LogP contribution in [0.4, 0.5) is 0 Å². The van der Waals surface area contributed by atoms with Crippen LogP contribution in [-0.4, -0.2) is 64.2 Å². The Balaban J connectivity index is 0.000000201. The summed E-state index contributed by atoms with van der Waals surface area (Å²) in [6, 6.07) is 9.76. The van der Waals surface area contributed by atoms with E-state index in [1.54, 1.807) is 67.2 Å². The van der Waals surface area contributed by atoms with Crippen molar-refractivity contribution < 1.29 is 28.5 Å². The summed E-state index contributed by atoms with van der Waals surface area (Å²) < 4.78 is 22.0. The minimum absolute atomic E-state index is 0.157. The number of hydrogen-bond donors (Lipinski definition) is 1. The monoisotopic (exact) mass is 574 g/mol. The summed E-state index contributed by atoms with van der Waals surface area (Å²) in [5.74, 6) is -0.824. The molecule has 0 atom stereocenters. The Morgan fingerprint density at radius 2 is 1.50 bits per heavy atom. The van der Waals surface area contributed by atoms with Crippen LogP contribution >= 0.6 is 0 Å². The molecule has 12 heteroatoms. The van der Waals surface area contributed by atoms with E-state index in [-0.39, 0.29) is 11.1 Å². The van der Waals surface area contributed by atoms with E-state index in [2.05, 4.69) is 15.0 Å². The highest BCUT2D eigenvalue weighted by Gasteiger charge is 2.18. The van der Waals surface area contributed by atoms with Crippen LogP contribution in [0, 0.1) is 0 Å². The number of fused-ring (bicyclic) bond motifs is 2. The Kier molecular flexibility index (Phi) is 10.5. The second kappa shape index (κ2) is 14.6. The molecule has 0 aliphatic carbocycles. The van der Waals surface area contributed by atoms with Crippen LogP contribution in [0.5, 0.6) is 0 Å². The maximum Gasteiger partial charge on any atom is 0.330 e. The van der Waals surface area contributed by atoms with Crippen molar-refractivity contribution >= 4 is 46.2 Å². The number of pyridine rings is 4. The number of aromatic nitrogens is 4. The summed E-state index contributed by atoms with van der Waals surface area (Å²) in [4.78, 5) is 57.1. The van der Waals surface area contributed by atoms with E-state index >= 15 is 0 Å². The molecule has 0 bridgehead atoms. The molecule has 218 valence electrons. The Hall–Kier alpha value is -4.94. The van der Waals surface area contributed by atoms with Gasteiger partial charge in [0.1, 0.15) is 0 Å². The first-order valence-corrected chi connectivity index (χ1v) is 13.3. The lowest BCUT2D eigenvalue weighted by Crippen LogP contribution is -2.27. The van der Waals surface area contributed by atoms with Gasteiger partial charge in [-0.15, -0.1) is 0 Å². The van der Waals surface area contributed by atoms with Gasteiger partial charge in [-0.2, -0.15) is 0 Å². The summed E-state index contributed by atoms with van der Waals surface area (Å²) in [7, 11) is 0. The molecular weight excluding hydrogens is 544 g/mol. The van der Waals surface area contributed by atoms with Gasteiger partial charge >= 0.3 is 11.9 Å². The first-order valence-electron chi connectivity index (χ1n) is 13.3. The molecule has 0 unspecified atom stereocenters. The third kappa shape index (κ3) is 8.29. The molecule has 4 aromatic rings. The fourth-order valence-electron chi connectivity index (χ4n) is 3.98. The lowest BCUT2D eigenvalue weighted by molar-refractivity contribution is -0.138. The molecule has 0 amide bonds. The number of rotatable bonds is 8. The smallest absolute Gasteiger partial charge is 0.330 e. The molecule has 0 aromatic carbocycles. The number of carbonyl (C=O) groups is 2. The first kappa shape index (κ1) is 30.0. The molecule has 1 aliphatic heterocycles. The predicted molar refractivity (Wildman–Crippen MR) is 155 cm³/mol. The highest BCUT2D eigenvalue weighted by atomic mass is 16.7. The van der Waals surface area contributed by atoms with E-state index in [1.807, 2.05) is 0 Å². The number of esters is 2. The van der Waals surface area contributed by atoms with Gasteiger partial charge in [0.2, 0.25) is 5.56 Å². The number of nitrogens with one attached hydrogen (secondary N) is 1. The van der Waals surface area contributed by atoms with Crippen molar-refractivity contribution in [3.8, 4) is 0 Å². The van der Waals surface area contributed by atoms with Crippen molar-refractivity contribution in [1.29, 1.82) is 0 Å². The molecule has 1 aliphatic rings. The number of H-pyrrole nitrogens is 1. The van der Waals surface area contributed by atoms with Crippen LogP contribution in [0.15, 0.2) is 70.5 Å². The first-order chi connectivity index (χ1) is 20.4. The maximum atomic E-state index is 12.2. The molecule has 0 spiro atoms. The fourth-order valence-corrected chi connectivity index (χ4v) is 3.98. The van der Waals surface area contributed by atoms with Crippen LogP contribution in [0.3, 0.4) is 0 Å². The molecule has 0 saturated carbocycles. The third-order valence-electron chi connectivity index (χ3n) is 5.87. The van der Waals surface area contributed by atoms with Gasteiger partial charge < -0.3 is 28.5 Å². The van der Waals surface area contributed by atoms with Crippen molar-refractivity contribution in [2.24, 2.45) is 0 Å². The van der Waals surface area contributed by atoms with E-state index in [1.165, 1.54) is 24.3 Å². The minimum Gasteiger partial charge on any atom is -0.463 e. The Morgan fingerprint density at radius 1 is 0.905 bits per heavy atom. The Morgan fingerprint density at radius 3 is 2.14 bits per heavy atom. The zero-order valence-corrected chi connectivity index (χ0v) is 23.1. The minimum atomic E-state index is -0.438. The van der Waals surface area contributed by atoms with Crippen LogP contribution in [0.25, 0.3) is 34.2 Å². The van der Waals surface area contributed by atoms with Crippen molar-refractivity contribution in [3.05, 3.63) is 92.8 Å². The Labute approximate surface area is 240 Å². The Bertz CT molecular complexity index is 1740. The van der Waals surface area contributed by atoms with Gasteiger partial charge in [-0.1, -0.05) is 0 Å². The average molecular weight is 575 g/mol. The van der Waals surface area contributed by atoms with Crippen LogP contribution in [-0.2, 0) is 35.1 Å². The molecule has 1 saturated heterocycles. The van der Waals surface area contributed by atoms with E-state index in [9.17, 15) is 19.2 Å². The largest absolute Gasteiger partial charge is 0.463 e. The van der Waals surface area contributed by atoms with Gasteiger partial charge in [0.05, 0.1) is 55.0 Å². The van der Waals surface area contributed by atoms with Crippen molar-refractivity contribution in [2.75, 3.05) is 26.4 Å². The second-order valence-corrected chi connectivity index (χ2v) is 8.82. The zero-order chi connectivity index (χ0) is 29.9. The average Bonchev–Trinajstić information content (AvgIpc) is 3.50. The highest BCUT2D eigenvalue weighted by molar-refractivity contribution is 5.88. The van der Waals surface area contributed by atoms with Crippen LogP contribution in [0.2, 0.25) is 0 Å². The standard InChI is InChI=1S/C17H18N2O5.C13H12N2O3/c1-2-22-16(21)6-3-12-9-14-13(18-10-12)4-5-15(20)19(14)11-17-23-7-8-24-17;1-2-18-13(17)6-3-9-7-11-10(14-8-9)4-5-12(16)15-11/h3-6,9-10,17H,2,7-8,11H2,1H3;3-8H,2H2,1H3,(H,15,16)/b2*6-3+. The van der Waals surface area contributed by atoms with Gasteiger partial charge in [-0.05, 0) is 61.4 Å². The number of hydrogen-bond acceptors (Lipinski definition) is 10. The fraction of sp³-hybridized carbons (Fsp3) is 0.267. The number of carbonyl (C=O) groups excluding carboxylic acids is 2. The molecule has 1 fully saturated rings. The summed E-state index contributed by atoms with van der Waals surface area (Å²) in [6.07, 6.45) is 8.68. The summed E-state index contributed by atoms with van der Waals surface area (Å²) in [5.41, 5.74) is 3.75. The molecule has 1 N–H and O–H groups in total. The molecular formula is C30H30N4O8. The quantitative estimate of drug-likeness (QED) is 0.246. The van der Waals surface area contributed by atoms with Crippen LogP contribution < -0.4 is 11.1 Å². The van der Waals surface area contributed by atoms with E-state index < -0.39 is 18.2 Å². The maximum absolute atomic E-state index is 12.2. The summed E-state index contributed by atoms with van der Waals surface area (Å²) in [6.45, 7) is 5.49. The van der Waals surface area contributed by atoms with Gasteiger partial charge in [0.25, 0.3) is 5.56 Å². The molecule has 42 heavy (non-hydrogen) atoms. The predicted octanol–water partition coefficient (Wildman–Crippen LogP) is 2.85. The van der Waals surface area contributed by atoms with Gasteiger partial charge in [-0.3, -0.25) is 19.6 Å².